The van der Waals surface area contributed by atoms with Crippen molar-refractivity contribution in [3.63, 3.8) is 0 Å². The fraction of sp³-hybridized carbons (Fsp3) is 0.440. The van der Waals surface area contributed by atoms with Crippen molar-refractivity contribution in [3.05, 3.63) is 71.3 Å². The maximum absolute atomic E-state index is 12.6. The minimum atomic E-state index is 0.161. The van der Waals surface area contributed by atoms with Crippen molar-refractivity contribution in [2.45, 2.75) is 38.1 Å². The van der Waals surface area contributed by atoms with Crippen molar-refractivity contribution in [1.82, 2.24) is 15.1 Å². The molecule has 2 aromatic carbocycles. The molecule has 0 radical (unpaired) electrons. The van der Waals surface area contributed by atoms with Gasteiger partial charge in [0.1, 0.15) is 0 Å². The average Bonchev–Trinajstić information content (AvgIpc) is 3.31. The van der Waals surface area contributed by atoms with Crippen LogP contribution in [0.25, 0.3) is 0 Å². The monoisotopic (exact) mass is 404 g/mol. The van der Waals surface area contributed by atoms with E-state index < -0.39 is 0 Å². The second-order valence-corrected chi connectivity index (χ2v) is 8.29. The van der Waals surface area contributed by atoms with Gasteiger partial charge in [0.25, 0.3) is 5.91 Å². The lowest BCUT2D eigenvalue weighted by Gasteiger charge is -2.26. The van der Waals surface area contributed by atoms with Crippen LogP contribution in [-0.2, 0) is 6.54 Å². The van der Waals surface area contributed by atoms with Crippen LogP contribution in [0.2, 0.25) is 0 Å². The van der Waals surface area contributed by atoms with E-state index in [0.717, 1.165) is 62.5 Å². The number of rotatable bonds is 4. The van der Waals surface area contributed by atoms with Gasteiger partial charge < -0.3 is 15.1 Å². The molecular weight excluding hydrogens is 372 g/mol. The van der Waals surface area contributed by atoms with E-state index in [1.54, 1.807) is 0 Å². The molecule has 2 aromatic rings. The SMILES string of the molecule is CN=C(NCc1ccc(C(=O)N2CCCCC2)cc1)N1CCC(c2ccccc2)C1. The Kier molecular flexibility index (Phi) is 6.67. The lowest BCUT2D eigenvalue weighted by molar-refractivity contribution is 0.0724. The van der Waals surface area contributed by atoms with E-state index in [4.69, 9.17) is 0 Å². The number of nitrogens with one attached hydrogen (secondary N) is 1. The molecule has 0 aromatic heterocycles. The van der Waals surface area contributed by atoms with Crippen LogP contribution in [0.4, 0.5) is 0 Å². The smallest absolute Gasteiger partial charge is 0.253 e. The number of nitrogens with zero attached hydrogens (tertiary/aromatic N) is 3. The average molecular weight is 405 g/mol. The highest BCUT2D eigenvalue weighted by molar-refractivity contribution is 5.94. The predicted octanol–water partition coefficient (Wildman–Crippen LogP) is 3.88. The fourth-order valence-electron chi connectivity index (χ4n) is 4.51. The van der Waals surface area contributed by atoms with Crippen LogP contribution < -0.4 is 5.32 Å². The molecule has 2 fully saturated rings. The van der Waals surface area contributed by atoms with E-state index in [1.807, 2.05) is 36.2 Å². The highest BCUT2D eigenvalue weighted by Gasteiger charge is 2.25. The highest BCUT2D eigenvalue weighted by atomic mass is 16.2. The highest BCUT2D eigenvalue weighted by Crippen LogP contribution is 2.26. The quantitative estimate of drug-likeness (QED) is 0.621. The molecule has 5 heteroatoms. The molecule has 158 valence electrons. The summed E-state index contributed by atoms with van der Waals surface area (Å²) >= 11 is 0. The molecule has 2 saturated heterocycles. The third-order valence-electron chi connectivity index (χ3n) is 6.27. The summed E-state index contributed by atoms with van der Waals surface area (Å²) in [5, 5.41) is 3.49. The first-order valence-electron chi connectivity index (χ1n) is 11.1. The Morgan fingerprint density at radius 2 is 1.70 bits per heavy atom. The van der Waals surface area contributed by atoms with Gasteiger partial charge in [0.15, 0.2) is 5.96 Å². The Labute approximate surface area is 179 Å². The van der Waals surface area contributed by atoms with Gasteiger partial charge in [0.2, 0.25) is 0 Å². The van der Waals surface area contributed by atoms with Gasteiger partial charge in [-0.25, -0.2) is 0 Å². The Hall–Kier alpha value is -2.82. The predicted molar refractivity (Wildman–Crippen MR) is 122 cm³/mol. The van der Waals surface area contributed by atoms with Gasteiger partial charge in [-0.05, 0) is 48.9 Å². The fourth-order valence-corrected chi connectivity index (χ4v) is 4.51. The van der Waals surface area contributed by atoms with Crippen LogP contribution in [0, 0.1) is 0 Å². The molecule has 1 unspecified atom stereocenters. The Morgan fingerprint density at radius 1 is 0.967 bits per heavy atom. The summed E-state index contributed by atoms with van der Waals surface area (Å²) in [4.78, 5) is 21.4. The minimum Gasteiger partial charge on any atom is -0.352 e. The number of carbonyl (C=O) groups excluding carboxylic acids is 1. The first kappa shape index (κ1) is 20.5. The lowest BCUT2D eigenvalue weighted by atomic mass is 9.99. The summed E-state index contributed by atoms with van der Waals surface area (Å²) in [6.45, 7) is 4.49. The van der Waals surface area contributed by atoms with E-state index in [1.165, 1.54) is 12.0 Å². The molecule has 2 heterocycles. The van der Waals surface area contributed by atoms with Crippen molar-refractivity contribution in [1.29, 1.82) is 0 Å². The maximum atomic E-state index is 12.6. The zero-order chi connectivity index (χ0) is 20.8. The standard InChI is InChI=1S/C25H32N4O/c1-26-25(29-17-14-23(19-29)21-8-4-2-5-9-21)27-18-20-10-12-22(13-11-20)24(30)28-15-6-3-7-16-28/h2,4-5,8-13,23H,3,6-7,14-19H2,1H3,(H,26,27). The summed E-state index contributed by atoms with van der Waals surface area (Å²) in [6, 6.07) is 18.8. The van der Waals surface area contributed by atoms with Gasteiger partial charge in [0.05, 0.1) is 0 Å². The number of aliphatic imine (C=N–C) groups is 1. The van der Waals surface area contributed by atoms with Gasteiger partial charge in [-0.3, -0.25) is 9.79 Å². The number of hydrogen-bond acceptors (Lipinski definition) is 2. The summed E-state index contributed by atoms with van der Waals surface area (Å²) in [6.07, 6.45) is 4.62. The van der Waals surface area contributed by atoms with Gasteiger partial charge >= 0.3 is 0 Å². The van der Waals surface area contributed by atoms with E-state index in [9.17, 15) is 4.79 Å². The first-order chi connectivity index (χ1) is 14.7. The molecule has 0 aliphatic carbocycles. The molecule has 4 rings (SSSR count). The van der Waals surface area contributed by atoms with Crippen LogP contribution >= 0.6 is 0 Å². The summed E-state index contributed by atoms with van der Waals surface area (Å²) in [5.41, 5.74) is 3.35. The van der Waals surface area contributed by atoms with Crippen LogP contribution in [-0.4, -0.2) is 54.9 Å². The Bertz CT molecular complexity index is 856. The third kappa shape index (κ3) is 4.84. The largest absolute Gasteiger partial charge is 0.352 e. The first-order valence-corrected chi connectivity index (χ1v) is 11.1. The number of carbonyl (C=O) groups is 1. The molecule has 30 heavy (non-hydrogen) atoms. The second kappa shape index (κ2) is 9.79. The Morgan fingerprint density at radius 3 is 2.40 bits per heavy atom. The number of guanidine groups is 1. The van der Waals surface area contributed by atoms with E-state index in [2.05, 4.69) is 45.5 Å². The van der Waals surface area contributed by atoms with Gasteiger partial charge in [-0.15, -0.1) is 0 Å². The summed E-state index contributed by atoms with van der Waals surface area (Å²) in [5.74, 6) is 1.67. The van der Waals surface area contributed by atoms with Gasteiger partial charge in [0, 0.05) is 51.3 Å². The molecule has 1 amide bonds. The third-order valence-corrected chi connectivity index (χ3v) is 6.27. The molecule has 0 saturated carbocycles. The lowest BCUT2D eigenvalue weighted by Crippen LogP contribution is -2.39. The van der Waals surface area contributed by atoms with Crippen molar-refractivity contribution in [3.8, 4) is 0 Å². The number of benzene rings is 2. The van der Waals surface area contributed by atoms with E-state index in [0.29, 0.717) is 12.5 Å². The molecule has 0 bridgehead atoms. The topological polar surface area (TPSA) is 47.9 Å². The molecule has 2 aliphatic heterocycles. The minimum absolute atomic E-state index is 0.161. The van der Waals surface area contributed by atoms with Crippen LogP contribution in [0.1, 0.15) is 53.1 Å². The molecular formula is C25H32N4O. The van der Waals surface area contributed by atoms with Crippen molar-refractivity contribution in [2.75, 3.05) is 33.2 Å². The zero-order valence-corrected chi connectivity index (χ0v) is 17.9. The molecule has 2 aliphatic rings. The van der Waals surface area contributed by atoms with Crippen molar-refractivity contribution >= 4 is 11.9 Å². The van der Waals surface area contributed by atoms with E-state index in [-0.39, 0.29) is 5.91 Å². The molecule has 1 N–H and O–H groups in total. The van der Waals surface area contributed by atoms with Gasteiger partial charge in [-0.2, -0.15) is 0 Å². The number of piperidine rings is 1. The molecule has 5 nitrogen and oxygen atoms in total. The van der Waals surface area contributed by atoms with Crippen LogP contribution in [0.15, 0.2) is 59.6 Å². The second-order valence-electron chi connectivity index (χ2n) is 8.29. The normalized spacial score (nSPS) is 19.8. The van der Waals surface area contributed by atoms with Crippen LogP contribution in [0.3, 0.4) is 0 Å². The molecule has 0 spiro atoms. The number of likely N-dealkylation sites (tertiary alicyclic amines) is 2. The summed E-state index contributed by atoms with van der Waals surface area (Å²) in [7, 11) is 1.85. The van der Waals surface area contributed by atoms with Crippen molar-refractivity contribution in [2.24, 2.45) is 4.99 Å². The van der Waals surface area contributed by atoms with E-state index >= 15 is 0 Å². The van der Waals surface area contributed by atoms with Crippen LogP contribution in [0.5, 0.6) is 0 Å². The molecule has 1 atom stereocenters. The summed E-state index contributed by atoms with van der Waals surface area (Å²) < 4.78 is 0. The maximum Gasteiger partial charge on any atom is 0.253 e. The van der Waals surface area contributed by atoms with Crippen molar-refractivity contribution < 1.29 is 4.79 Å². The number of hydrogen-bond donors (Lipinski definition) is 1. The number of amides is 1. The van der Waals surface area contributed by atoms with Gasteiger partial charge in [-0.1, -0.05) is 42.5 Å². The zero-order valence-electron chi connectivity index (χ0n) is 17.9. The Balaban J connectivity index is 1.30.